The summed E-state index contributed by atoms with van der Waals surface area (Å²) in [5.41, 5.74) is 3.59. The maximum atomic E-state index is 13.6. The van der Waals surface area contributed by atoms with E-state index in [2.05, 4.69) is 15.6 Å². The van der Waals surface area contributed by atoms with Crippen molar-refractivity contribution in [1.82, 2.24) is 14.8 Å². The summed E-state index contributed by atoms with van der Waals surface area (Å²) in [6, 6.07) is 30.3. The lowest BCUT2D eigenvalue weighted by molar-refractivity contribution is -0.168. The molecular formula is C45H45N5O9. The lowest BCUT2D eigenvalue weighted by Gasteiger charge is -2.29. The van der Waals surface area contributed by atoms with Crippen molar-refractivity contribution in [1.29, 1.82) is 0 Å². The quantitative estimate of drug-likeness (QED) is 0.0908. The van der Waals surface area contributed by atoms with E-state index in [1.54, 1.807) is 109 Å². The Balaban J connectivity index is 0.951. The predicted molar refractivity (Wildman–Crippen MR) is 217 cm³/mol. The van der Waals surface area contributed by atoms with Gasteiger partial charge in [-0.1, -0.05) is 60.7 Å². The molecule has 7 rings (SSSR count). The molecule has 5 aromatic rings. The number of oxazole rings is 1. The fourth-order valence-corrected chi connectivity index (χ4v) is 7.47. The van der Waals surface area contributed by atoms with Crippen LogP contribution < -0.4 is 10.6 Å². The molecule has 14 heteroatoms. The highest BCUT2D eigenvalue weighted by Gasteiger charge is 2.40. The number of anilines is 2. The summed E-state index contributed by atoms with van der Waals surface area (Å²) in [4.78, 5) is 73.4. The van der Waals surface area contributed by atoms with Gasteiger partial charge in [0.15, 0.2) is 18.2 Å². The molecule has 3 heterocycles. The average molecular weight is 800 g/mol. The van der Waals surface area contributed by atoms with E-state index < -0.39 is 42.5 Å². The van der Waals surface area contributed by atoms with Gasteiger partial charge in [0.05, 0.1) is 6.20 Å². The lowest BCUT2D eigenvalue weighted by atomic mass is 10.1. The SMILES string of the molecule is CC(=O)OC(C(=O)N1CCCC1C(=O)Nc1ccc(-c2ncc(-c3ccc(NC(=O)C4CCCN4C(=O)C(OC(C)O)c4ccccc4)cc3)o2)cc1)c1ccccc1. The van der Waals surface area contributed by atoms with Crippen LogP contribution in [0.5, 0.6) is 0 Å². The van der Waals surface area contributed by atoms with Gasteiger partial charge in [-0.3, -0.25) is 24.0 Å². The molecule has 1 aromatic heterocycles. The van der Waals surface area contributed by atoms with Gasteiger partial charge in [-0.2, -0.15) is 0 Å². The molecule has 4 amide bonds. The van der Waals surface area contributed by atoms with Gasteiger partial charge in [0.1, 0.15) is 12.1 Å². The zero-order valence-electron chi connectivity index (χ0n) is 32.7. The predicted octanol–water partition coefficient (Wildman–Crippen LogP) is 6.27. The van der Waals surface area contributed by atoms with Gasteiger partial charge in [0.25, 0.3) is 11.8 Å². The number of hydrogen-bond acceptors (Lipinski definition) is 10. The third kappa shape index (κ3) is 9.57. The fraction of sp³-hybridized carbons (Fsp3) is 0.289. The number of aliphatic hydroxyl groups excluding tert-OH is 1. The number of amides is 4. The van der Waals surface area contributed by atoms with E-state index in [9.17, 15) is 29.1 Å². The number of aliphatic hydroxyl groups is 1. The third-order valence-corrected chi connectivity index (χ3v) is 10.3. The number of carbonyl (C=O) groups excluding carboxylic acids is 5. The van der Waals surface area contributed by atoms with Gasteiger partial charge < -0.3 is 39.4 Å². The van der Waals surface area contributed by atoms with Crippen LogP contribution >= 0.6 is 0 Å². The van der Waals surface area contributed by atoms with Crippen LogP contribution in [0.3, 0.4) is 0 Å². The second kappa shape index (κ2) is 18.3. The molecule has 2 saturated heterocycles. The van der Waals surface area contributed by atoms with Crippen molar-refractivity contribution in [2.45, 2.75) is 70.1 Å². The highest BCUT2D eigenvalue weighted by Crippen LogP contribution is 2.31. The van der Waals surface area contributed by atoms with Crippen molar-refractivity contribution in [3.05, 3.63) is 127 Å². The Bertz CT molecular complexity index is 2260. The molecule has 0 saturated carbocycles. The molecule has 14 nitrogen and oxygen atoms in total. The van der Waals surface area contributed by atoms with Crippen LogP contribution in [-0.2, 0) is 33.4 Å². The third-order valence-electron chi connectivity index (χ3n) is 10.3. The Kier molecular flexibility index (Phi) is 12.6. The standard InChI is InChI=1S/C45H45N5O9/c1-28(51)57-39(31-11-5-3-6-12-31)44(55)49-25-9-15-36(49)41(53)47-34-21-17-30(18-22-34)38-27-46-43(59-38)33-19-23-35(24-20-33)48-42(54)37-16-10-26-50(37)45(56)40(58-29(2)52)32-13-7-4-8-14-32/h3-8,11-14,17-24,27-28,36-37,39-40,51H,9-10,15-16,25-26H2,1-2H3,(H,47,53)(H,48,54). The Morgan fingerprint density at radius 2 is 1.17 bits per heavy atom. The van der Waals surface area contributed by atoms with Crippen LogP contribution in [0.1, 0.15) is 62.9 Å². The topological polar surface area (TPSA) is 181 Å². The number of nitrogens with zero attached hydrogens (tertiary/aromatic N) is 3. The van der Waals surface area contributed by atoms with E-state index >= 15 is 0 Å². The van der Waals surface area contributed by atoms with Crippen molar-refractivity contribution < 1.29 is 43.0 Å². The van der Waals surface area contributed by atoms with Gasteiger partial charge in [0.2, 0.25) is 23.8 Å². The van der Waals surface area contributed by atoms with Crippen LogP contribution in [0, 0.1) is 0 Å². The fourth-order valence-electron chi connectivity index (χ4n) is 7.47. The summed E-state index contributed by atoms with van der Waals surface area (Å²) in [6.07, 6.45) is 0.491. The van der Waals surface area contributed by atoms with Gasteiger partial charge >= 0.3 is 5.97 Å². The summed E-state index contributed by atoms with van der Waals surface area (Å²) >= 11 is 0. The van der Waals surface area contributed by atoms with Crippen LogP contribution in [-0.4, -0.2) is 81.0 Å². The van der Waals surface area contributed by atoms with Crippen LogP contribution in [0.15, 0.2) is 120 Å². The van der Waals surface area contributed by atoms with E-state index in [0.717, 1.165) is 5.56 Å². The van der Waals surface area contributed by atoms with Crippen LogP contribution in [0.25, 0.3) is 22.8 Å². The minimum Gasteiger partial charge on any atom is -0.447 e. The molecule has 4 aromatic carbocycles. The molecule has 59 heavy (non-hydrogen) atoms. The number of esters is 1. The smallest absolute Gasteiger partial charge is 0.303 e. The Labute approximate surface area is 341 Å². The molecule has 0 spiro atoms. The molecule has 0 aliphatic carbocycles. The largest absolute Gasteiger partial charge is 0.447 e. The van der Waals surface area contributed by atoms with Gasteiger partial charge in [-0.05, 0) is 86.7 Å². The molecule has 304 valence electrons. The van der Waals surface area contributed by atoms with Crippen LogP contribution in [0.2, 0.25) is 0 Å². The van der Waals surface area contributed by atoms with E-state index in [1.165, 1.54) is 23.6 Å². The second-order valence-corrected chi connectivity index (χ2v) is 14.5. The summed E-state index contributed by atoms with van der Waals surface area (Å²) in [6.45, 7) is 3.45. The highest BCUT2D eigenvalue weighted by atomic mass is 16.6. The molecule has 2 aliphatic rings. The molecular weight excluding hydrogens is 755 g/mol. The number of aromatic nitrogens is 1. The highest BCUT2D eigenvalue weighted by molar-refractivity contribution is 5.99. The zero-order chi connectivity index (χ0) is 41.5. The molecule has 5 unspecified atom stereocenters. The Morgan fingerprint density at radius 1 is 0.695 bits per heavy atom. The second-order valence-electron chi connectivity index (χ2n) is 14.5. The summed E-state index contributed by atoms with van der Waals surface area (Å²) in [5.74, 6) is -1.22. The number of rotatable bonds is 13. The first-order chi connectivity index (χ1) is 28.5. The van der Waals surface area contributed by atoms with Crippen molar-refractivity contribution in [3.63, 3.8) is 0 Å². The number of carbonyl (C=O) groups is 5. The maximum Gasteiger partial charge on any atom is 0.303 e. The number of ether oxygens (including phenoxy) is 2. The van der Waals surface area contributed by atoms with Crippen molar-refractivity contribution >= 4 is 41.0 Å². The minimum absolute atomic E-state index is 0.320. The zero-order valence-corrected chi connectivity index (χ0v) is 32.7. The maximum absolute atomic E-state index is 13.6. The number of hydrogen-bond donors (Lipinski definition) is 3. The molecule has 0 radical (unpaired) electrons. The van der Waals surface area contributed by atoms with E-state index in [4.69, 9.17) is 13.9 Å². The van der Waals surface area contributed by atoms with Crippen molar-refractivity contribution in [2.24, 2.45) is 0 Å². The Hall–Kier alpha value is -6.64. The molecule has 2 fully saturated rings. The van der Waals surface area contributed by atoms with E-state index in [-0.39, 0.29) is 17.7 Å². The Morgan fingerprint density at radius 3 is 1.66 bits per heavy atom. The van der Waals surface area contributed by atoms with E-state index in [1.807, 2.05) is 6.07 Å². The lowest BCUT2D eigenvalue weighted by Crippen LogP contribution is -2.46. The first-order valence-electron chi connectivity index (χ1n) is 19.6. The normalized spacial score (nSPS) is 17.8. The van der Waals surface area contributed by atoms with Crippen molar-refractivity contribution in [3.8, 4) is 22.8 Å². The minimum atomic E-state index is -1.18. The van der Waals surface area contributed by atoms with E-state index in [0.29, 0.717) is 78.5 Å². The number of benzene rings is 4. The molecule has 0 bridgehead atoms. The monoisotopic (exact) mass is 799 g/mol. The molecule has 2 aliphatic heterocycles. The van der Waals surface area contributed by atoms with Gasteiger partial charge in [0, 0.05) is 48.1 Å². The van der Waals surface area contributed by atoms with Gasteiger partial charge in [-0.25, -0.2) is 4.98 Å². The van der Waals surface area contributed by atoms with Crippen LogP contribution in [0.4, 0.5) is 11.4 Å². The molecule has 5 atom stereocenters. The summed E-state index contributed by atoms with van der Waals surface area (Å²) in [7, 11) is 0. The average Bonchev–Trinajstić information content (AvgIpc) is 4.05. The summed E-state index contributed by atoms with van der Waals surface area (Å²) in [5, 5.41) is 15.8. The number of likely N-dealkylation sites (tertiary alicyclic amines) is 2. The van der Waals surface area contributed by atoms with Crippen molar-refractivity contribution in [2.75, 3.05) is 23.7 Å². The first kappa shape index (κ1) is 40.6. The number of nitrogens with one attached hydrogen (secondary N) is 2. The summed E-state index contributed by atoms with van der Waals surface area (Å²) < 4.78 is 17.1. The molecule has 3 N–H and O–H groups in total. The van der Waals surface area contributed by atoms with Gasteiger partial charge in [-0.15, -0.1) is 0 Å². The first-order valence-corrected chi connectivity index (χ1v) is 19.6.